The van der Waals surface area contributed by atoms with Gasteiger partial charge in [-0.1, -0.05) is 6.92 Å². The minimum Gasteiger partial charge on any atom is -0.381 e. The summed E-state index contributed by atoms with van der Waals surface area (Å²) in [6.07, 6.45) is 3.92. The van der Waals surface area contributed by atoms with E-state index in [2.05, 4.69) is 31.1 Å². The molecular formula is C14H28N2O. The molecular weight excluding hydrogens is 212 g/mol. The first-order chi connectivity index (χ1) is 8.20. The van der Waals surface area contributed by atoms with E-state index in [-0.39, 0.29) is 0 Å². The summed E-state index contributed by atoms with van der Waals surface area (Å²) in [6, 6.07) is 1.40. The fourth-order valence-corrected chi connectivity index (χ4v) is 3.29. The van der Waals surface area contributed by atoms with E-state index in [1.54, 1.807) is 0 Å². The van der Waals surface area contributed by atoms with Crippen molar-refractivity contribution in [2.45, 2.75) is 45.2 Å². The summed E-state index contributed by atoms with van der Waals surface area (Å²) in [5.41, 5.74) is 0. The van der Waals surface area contributed by atoms with Crippen molar-refractivity contribution in [2.24, 2.45) is 11.8 Å². The molecule has 0 radical (unpaired) electrons. The zero-order valence-corrected chi connectivity index (χ0v) is 11.6. The quantitative estimate of drug-likeness (QED) is 0.813. The molecule has 0 spiro atoms. The number of nitrogens with zero attached hydrogens (tertiary/aromatic N) is 1. The summed E-state index contributed by atoms with van der Waals surface area (Å²) in [5, 5.41) is 3.46. The molecule has 2 fully saturated rings. The molecule has 2 saturated heterocycles. The van der Waals surface area contributed by atoms with Crippen LogP contribution < -0.4 is 5.32 Å². The Morgan fingerprint density at radius 2 is 2.06 bits per heavy atom. The Kier molecular flexibility index (Phi) is 4.83. The van der Waals surface area contributed by atoms with E-state index in [0.717, 1.165) is 25.2 Å². The second-order valence-electron chi connectivity index (χ2n) is 6.00. The Morgan fingerprint density at radius 1 is 1.24 bits per heavy atom. The molecule has 0 aliphatic carbocycles. The standard InChI is InChI=1S/C14H28N2O/c1-11-4-5-12(2)16(8-11)9-13-10-17-7-6-14(13)15-3/h11-15H,4-10H2,1-3H3. The lowest BCUT2D eigenvalue weighted by molar-refractivity contribution is 0.00332. The Hall–Kier alpha value is -0.120. The van der Waals surface area contributed by atoms with Crippen LogP contribution in [0.5, 0.6) is 0 Å². The number of piperidine rings is 1. The van der Waals surface area contributed by atoms with Gasteiger partial charge in [-0.15, -0.1) is 0 Å². The zero-order chi connectivity index (χ0) is 12.3. The van der Waals surface area contributed by atoms with Crippen molar-refractivity contribution < 1.29 is 4.74 Å². The lowest BCUT2D eigenvalue weighted by atomic mass is 9.90. The molecule has 100 valence electrons. The predicted octanol–water partition coefficient (Wildman–Crippen LogP) is 1.73. The molecule has 0 amide bonds. The smallest absolute Gasteiger partial charge is 0.0521 e. The van der Waals surface area contributed by atoms with Crippen LogP contribution in [0.2, 0.25) is 0 Å². The molecule has 4 unspecified atom stereocenters. The zero-order valence-electron chi connectivity index (χ0n) is 11.6. The van der Waals surface area contributed by atoms with Crippen LogP contribution in [0.4, 0.5) is 0 Å². The molecule has 0 saturated carbocycles. The van der Waals surface area contributed by atoms with Gasteiger partial charge in [0.25, 0.3) is 0 Å². The summed E-state index contributed by atoms with van der Waals surface area (Å²) >= 11 is 0. The minimum atomic E-state index is 0.646. The highest BCUT2D eigenvalue weighted by molar-refractivity contribution is 4.85. The van der Waals surface area contributed by atoms with Gasteiger partial charge in [-0.05, 0) is 39.2 Å². The summed E-state index contributed by atoms with van der Waals surface area (Å²) in [7, 11) is 2.09. The van der Waals surface area contributed by atoms with E-state index in [0.29, 0.717) is 12.0 Å². The van der Waals surface area contributed by atoms with E-state index in [1.807, 2.05) is 0 Å². The Morgan fingerprint density at radius 3 is 2.82 bits per heavy atom. The second-order valence-corrected chi connectivity index (χ2v) is 6.00. The van der Waals surface area contributed by atoms with Gasteiger partial charge in [-0.3, -0.25) is 4.90 Å². The summed E-state index contributed by atoms with van der Waals surface area (Å²) in [4.78, 5) is 2.68. The molecule has 2 aliphatic rings. The van der Waals surface area contributed by atoms with Gasteiger partial charge < -0.3 is 10.1 Å². The van der Waals surface area contributed by atoms with Crippen molar-refractivity contribution in [1.29, 1.82) is 0 Å². The van der Waals surface area contributed by atoms with Gasteiger partial charge in [0.05, 0.1) is 6.61 Å². The number of likely N-dealkylation sites (tertiary alicyclic amines) is 1. The lowest BCUT2D eigenvalue weighted by Crippen LogP contribution is -2.50. The normalized spacial score (nSPS) is 40.4. The highest BCUT2D eigenvalue weighted by Gasteiger charge is 2.30. The Labute approximate surface area is 106 Å². The van der Waals surface area contributed by atoms with E-state index >= 15 is 0 Å². The van der Waals surface area contributed by atoms with Crippen molar-refractivity contribution in [2.75, 3.05) is 33.4 Å². The largest absolute Gasteiger partial charge is 0.381 e. The van der Waals surface area contributed by atoms with Crippen LogP contribution in [0.25, 0.3) is 0 Å². The van der Waals surface area contributed by atoms with Crippen molar-refractivity contribution in [3.8, 4) is 0 Å². The second kappa shape index (κ2) is 6.17. The van der Waals surface area contributed by atoms with Crippen LogP contribution in [-0.2, 0) is 4.74 Å². The average molecular weight is 240 g/mol. The average Bonchev–Trinajstić information content (AvgIpc) is 2.34. The van der Waals surface area contributed by atoms with Crippen LogP contribution >= 0.6 is 0 Å². The molecule has 3 nitrogen and oxygen atoms in total. The minimum absolute atomic E-state index is 0.646. The van der Waals surface area contributed by atoms with Crippen LogP contribution in [0.1, 0.15) is 33.1 Å². The molecule has 2 aliphatic heterocycles. The van der Waals surface area contributed by atoms with Gasteiger partial charge in [0.1, 0.15) is 0 Å². The van der Waals surface area contributed by atoms with Gasteiger partial charge in [0.2, 0.25) is 0 Å². The summed E-state index contributed by atoms with van der Waals surface area (Å²) in [6.45, 7) is 9.10. The lowest BCUT2D eigenvalue weighted by Gasteiger charge is -2.41. The maximum atomic E-state index is 5.65. The highest BCUT2D eigenvalue weighted by Crippen LogP contribution is 2.24. The molecule has 0 aromatic heterocycles. The third-order valence-corrected chi connectivity index (χ3v) is 4.56. The molecule has 2 rings (SSSR count). The Bertz CT molecular complexity index is 234. The maximum absolute atomic E-state index is 5.65. The van der Waals surface area contributed by atoms with Gasteiger partial charge in [-0.2, -0.15) is 0 Å². The van der Waals surface area contributed by atoms with Crippen molar-refractivity contribution in [3.05, 3.63) is 0 Å². The molecule has 2 heterocycles. The van der Waals surface area contributed by atoms with Crippen LogP contribution in [0, 0.1) is 11.8 Å². The van der Waals surface area contributed by atoms with E-state index in [1.165, 1.54) is 32.4 Å². The molecule has 0 aromatic rings. The number of rotatable bonds is 3. The monoisotopic (exact) mass is 240 g/mol. The highest BCUT2D eigenvalue weighted by atomic mass is 16.5. The molecule has 0 aromatic carbocycles. The first-order valence-electron chi connectivity index (χ1n) is 7.19. The van der Waals surface area contributed by atoms with Crippen molar-refractivity contribution in [1.82, 2.24) is 10.2 Å². The van der Waals surface area contributed by atoms with Gasteiger partial charge in [0, 0.05) is 37.7 Å². The molecule has 17 heavy (non-hydrogen) atoms. The summed E-state index contributed by atoms with van der Waals surface area (Å²) < 4.78 is 5.65. The topological polar surface area (TPSA) is 24.5 Å². The number of hydrogen-bond donors (Lipinski definition) is 1. The maximum Gasteiger partial charge on any atom is 0.0521 e. The van der Waals surface area contributed by atoms with Crippen molar-refractivity contribution >= 4 is 0 Å². The third-order valence-electron chi connectivity index (χ3n) is 4.56. The summed E-state index contributed by atoms with van der Waals surface area (Å²) in [5.74, 6) is 1.53. The SMILES string of the molecule is CNC1CCOCC1CN1CC(C)CCC1C. The van der Waals surface area contributed by atoms with E-state index < -0.39 is 0 Å². The van der Waals surface area contributed by atoms with Crippen LogP contribution in [-0.4, -0.2) is 50.3 Å². The van der Waals surface area contributed by atoms with Gasteiger partial charge in [0.15, 0.2) is 0 Å². The van der Waals surface area contributed by atoms with Gasteiger partial charge in [-0.25, -0.2) is 0 Å². The molecule has 0 bridgehead atoms. The fraction of sp³-hybridized carbons (Fsp3) is 1.00. The van der Waals surface area contributed by atoms with Crippen LogP contribution in [0.15, 0.2) is 0 Å². The number of hydrogen-bond acceptors (Lipinski definition) is 3. The first-order valence-corrected chi connectivity index (χ1v) is 7.19. The number of ether oxygens (including phenoxy) is 1. The molecule has 1 N–H and O–H groups in total. The number of nitrogens with one attached hydrogen (secondary N) is 1. The first kappa shape index (κ1) is 13.3. The third kappa shape index (κ3) is 3.43. The van der Waals surface area contributed by atoms with Crippen LogP contribution in [0.3, 0.4) is 0 Å². The molecule has 4 atom stereocenters. The fourth-order valence-electron chi connectivity index (χ4n) is 3.29. The molecule has 3 heteroatoms. The Balaban J connectivity index is 1.89. The van der Waals surface area contributed by atoms with Gasteiger partial charge >= 0.3 is 0 Å². The van der Waals surface area contributed by atoms with E-state index in [4.69, 9.17) is 4.74 Å². The van der Waals surface area contributed by atoms with Crippen molar-refractivity contribution in [3.63, 3.8) is 0 Å². The predicted molar refractivity (Wildman–Crippen MR) is 71.2 cm³/mol. The van der Waals surface area contributed by atoms with E-state index in [9.17, 15) is 0 Å².